The maximum atomic E-state index is 12.1. The molecule has 8 heteroatoms. The SMILES string of the molecule is Cc1ccc2nc(CNC(=O)CCCc3nc(-c4ccncc4)no3)[nH]c2c1. The highest BCUT2D eigenvalue weighted by Gasteiger charge is 2.10. The lowest BCUT2D eigenvalue weighted by molar-refractivity contribution is -0.121. The second-order valence-corrected chi connectivity index (χ2v) is 6.58. The van der Waals surface area contributed by atoms with E-state index in [2.05, 4.69) is 30.4 Å². The Kier molecular flexibility index (Phi) is 5.09. The number of amides is 1. The van der Waals surface area contributed by atoms with Crippen LogP contribution in [0.5, 0.6) is 0 Å². The summed E-state index contributed by atoms with van der Waals surface area (Å²) in [5.41, 5.74) is 3.89. The molecule has 0 aliphatic carbocycles. The van der Waals surface area contributed by atoms with E-state index >= 15 is 0 Å². The van der Waals surface area contributed by atoms with Crippen LogP contribution in [-0.2, 0) is 17.8 Å². The second-order valence-electron chi connectivity index (χ2n) is 6.58. The van der Waals surface area contributed by atoms with E-state index in [9.17, 15) is 4.79 Å². The molecule has 0 atom stereocenters. The fraction of sp³-hybridized carbons (Fsp3) is 0.250. The van der Waals surface area contributed by atoms with E-state index in [-0.39, 0.29) is 5.91 Å². The molecule has 0 unspecified atom stereocenters. The Morgan fingerprint density at radius 2 is 2.04 bits per heavy atom. The van der Waals surface area contributed by atoms with Crippen molar-refractivity contribution in [2.45, 2.75) is 32.7 Å². The number of pyridine rings is 1. The Labute approximate surface area is 161 Å². The number of hydrogen-bond donors (Lipinski definition) is 2. The smallest absolute Gasteiger partial charge is 0.226 e. The lowest BCUT2D eigenvalue weighted by atomic mass is 10.2. The lowest BCUT2D eigenvalue weighted by Gasteiger charge is -2.02. The topological polar surface area (TPSA) is 110 Å². The van der Waals surface area contributed by atoms with Crippen molar-refractivity contribution in [3.63, 3.8) is 0 Å². The molecule has 1 amide bonds. The summed E-state index contributed by atoms with van der Waals surface area (Å²) >= 11 is 0. The van der Waals surface area contributed by atoms with Crippen LogP contribution in [0.3, 0.4) is 0 Å². The molecular weight excluding hydrogens is 356 g/mol. The van der Waals surface area contributed by atoms with E-state index < -0.39 is 0 Å². The highest BCUT2D eigenvalue weighted by Crippen LogP contribution is 2.15. The number of H-pyrrole nitrogens is 1. The number of fused-ring (bicyclic) bond motifs is 1. The van der Waals surface area contributed by atoms with Gasteiger partial charge in [0.05, 0.1) is 17.6 Å². The van der Waals surface area contributed by atoms with Gasteiger partial charge in [-0.15, -0.1) is 0 Å². The predicted molar refractivity (Wildman–Crippen MR) is 103 cm³/mol. The van der Waals surface area contributed by atoms with E-state index in [1.807, 2.05) is 37.3 Å². The third kappa shape index (κ3) is 4.22. The summed E-state index contributed by atoms with van der Waals surface area (Å²) in [4.78, 5) is 28.1. The summed E-state index contributed by atoms with van der Waals surface area (Å²) in [6, 6.07) is 9.67. The summed E-state index contributed by atoms with van der Waals surface area (Å²) < 4.78 is 5.25. The Morgan fingerprint density at radius 3 is 2.89 bits per heavy atom. The number of rotatable bonds is 7. The number of carbonyl (C=O) groups excluding carboxylic acids is 1. The van der Waals surface area contributed by atoms with Crippen molar-refractivity contribution in [3.05, 3.63) is 60.0 Å². The van der Waals surface area contributed by atoms with Gasteiger partial charge >= 0.3 is 0 Å². The van der Waals surface area contributed by atoms with Gasteiger partial charge in [0.2, 0.25) is 17.6 Å². The average Bonchev–Trinajstić information content (AvgIpc) is 3.33. The van der Waals surface area contributed by atoms with Gasteiger partial charge in [0, 0.05) is 30.8 Å². The Morgan fingerprint density at radius 1 is 1.18 bits per heavy atom. The maximum Gasteiger partial charge on any atom is 0.226 e. The minimum absolute atomic E-state index is 0.0366. The zero-order valence-electron chi connectivity index (χ0n) is 15.5. The highest BCUT2D eigenvalue weighted by atomic mass is 16.5. The van der Waals surface area contributed by atoms with Gasteiger partial charge in [-0.25, -0.2) is 4.98 Å². The number of benzene rings is 1. The normalized spacial score (nSPS) is 11.0. The Bertz CT molecular complexity index is 1090. The lowest BCUT2D eigenvalue weighted by Crippen LogP contribution is -2.23. The summed E-state index contributed by atoms with van der Waals surface area (Å²) in [5.74, 6) is 1.76. The van der Waals surface area contributed by atoms with Crippen molar-refractivity contribution in [1.82, 2.24) is 30.4 Å². The Balaban J connectivity index is 1.24. The standard InChI is InChI=1S/C20H20N6O2/c1-13-5-6-15-16(11-13)24-17(23-15)12-22-18(27)3-2-4-19-25-20(26-28-19)14-7-9-21-10-8-14/h5-11H,2-4,12H2,1H3,(H,22,27)(H,23,24). The molecule has 0 aliphatic heterocycles. The van der Waals surface area contributed by atoms with Gasteiger partial charge in [-0.3, -0.25) is 9.78 Å². The van der Waals surface area contributed by atoms with E-state index in [0.29, 0.717) is 37.5 Å². The summed E-state index contributed by atoms with van der Waals surface area (Å²) in [5, 5.41) is 6.85. The first-order valence-electron chi connectivity index (χ1n) is 9.12. The molecule has 4 rings (SSSR count). The number of imidazole rings is 1. The van der Waals surface area contributed by atoms with Crippen LogP contribution in [0.25, 0.3) is 22.4 Å². The second kappa shape index (κ2) is 7.99. The average molecular weight is 376 g/mol. The van der Waals surface area contributed by atoms with Crippen LogP contribution in [0.4, 0.5) is 0 Å². The minimum atomic E-state index is -0.0366. The molecule has 2 N–H and O–H groups in total. The third-order valence-electron chi connectivity index (χ3n) is 4.34. The predicted octanol–water partition coefficient (Wildman–Crippen LogP) is 2.96. The molecule has 28 heavy (non-hydrogen) atoms. The van der Waals surface area contributed by atoms with E-state index in [1.165, 1.54) is 5.56 Å². The number of nitrogens with zero attached hydrogens (tertiary/aromatic N) is 4. The number of aromatic nitrogens is 5. The number of aromatic amines is 1. The van der Waals surface area contributed by atoms with Crippen molar-refractivity contribution in [1.29, 1.82) is 0 Å². The Hall–Kier alpha value is -3.55. The summed E-state index contributed by atoms with van der Waals surface area (Å²) in [6.07, 6.45) is 4.92. The molecule has 0 bridgehead atoms. The van der Waals surface area contributed by atoms with E-state index in [4.69, 9.17) is 4.52 Å². The highest BCUT2D eigenvalue weighted by molar-refractivity contribution is 5.77. The fourth-order valence-electron chi connectivity index (χ4n) is 2.91. The number of aryl methyl sites for hydroxylation is 2. The molecule has 8 nitrogen and oxygen atoms in total. The zero-order chi connectivity index (χ0) is 19.3. The molecule has 0 saturated heterocycles. The van der Waals surface area contributed by atoms with Crippen LogP contribution in [0.2, 0.25) is 0 Å². The molecule has 142 valence electrons. The first-order chi connectivity index (χ1) is 13.7. The number of hydrogen-bond acceptors (Lipinski definition) is 6. The third-order valence-corrected chi connectivity index (χ3v) is 4.34. The van der Waals surface area contributed by atoms with Crippen LogP contribution >= 0.6 is 0 Å². The minimum Gasteiger partial charge on any atom is -0.349 e. The zero-order valence-corrected chi connectivity index (χ0v) is 15.5. The number of nitrogens with one attached hydrogen (secondary N) is 2. The molecule has 0 spiro atoms. The van der Waals surface area contributed by atoms with Crippen molar-refractivity contribution in [2.24, 2.45) is 0 Å². The van der Waals surface area contributed by atoms with Crippen LogP contribution in [0.15, 0.2) is 47.2 Å². The fourth-order valence-corrected chi connectivity index (χ4v) is 2.91. The molecule has 4 aromatic rings. The van der Waals surface area contributed by atoms with Crippen LogP contribution in [-0.4, -0.2) is 31.0 Å². The van der Waals surface area contributed by atoms with Crippen molar-refractivity contribution in [3.8, 4) is 11.4 Å². The molecule has 0 saturated carbocycles. The van der Waals surface area contributed by atoms with Gasteiger partial charge in [-0.05, 0) is 43.2 Å². The molecular formula is C20H20N6O2. The van der Waals surface area contributed by atoms with E-state index in [1.54, 1.807) is 12.4 Å². The summed E-state index contributed by atoms with van der Waals surface area (Å²) in [7, 11) is 0. The quantitative estimate of drug-likeness (QED) is 0.513. The van der Waals surface area contributed by atoms with Crippen molar-refractivity contribution >= 4 is 16.9 Å². The number of carbonyl (C=O) groups is 1. The van der Waals surface area contributed by atoms with Crippen LogP contribution in [0, 0.1) is 6.92 Å². The van der Waals surface area contributed by atoms with Gasteiger partial charge in [0.25, 0.3) is 0 Å². The molecule has 1 aromatic carbocycles. The molecule has 0 radical (unpaired) electrons. The van der Waals surface area contributed by atoms with Crippen LogP contribution in [0.1, 0.15) is 30.1 Å². The maximum absolute atomic E-state index is 12.1. The van der Waals surface area contributed by atoms with E-state index in [0.717, 1.165) is 22.4 Å². The van der Waals surface area contributed by atoms with Gasteiger partial charge in [-0.2, -0.15) is 4.98 Å². The molecule has 3 heterocycles. The van der Waals surface area contributed by atoms with Crippen LogP contribution < -0.4 is 5.32 Å². The summed E-state index contributed by atoms with van der Waals surface area (Å²) in [6.45, 7) is 2.41. The molecule has 0 fully saturated rings. The van der Waals surface area contributed by atoms with Gasteiger partial charge < -0.3 is 14.8 Å². The molecule has 3 aromatic heterocycles. The van der Waals surface area contributed by atoms with Crippen molar-refractivity contribution in [2.75, 3.05) is 0 Å². The molecule has 0 aliphatic rings. The van der Waals surface area contributed by atoms with Gasteiger partial charge in [-0.1, -0.05) is 11.2 Å². The largest absolute Gasteiger partial charge is 0.349 e. The van der Waals surface area contributed by atoms with Gasteiger partial charge in [0.15, 0.2) is 0 Å². The van der Waals surface area contributed by atoms with Crippen molar-refractivity contribution < 1.29 is 9.32 Å². The first-order valence-corrected chi connectivity index (χ1v) is 9.12. The van der Waals surface area contributed by atoms with Gasteiger partial charge in [0.1, 0.15) is 5.82 Å². The first kappa shape index (κ1) is 17.8. The monoisotopic (exact) mass is 376 g/mol.